The summed E-state index contributed by atoms with van der Waals surface area (Å²) in [5.41, 5.74) is 0.0354. The molecule has 0 atom stereocenters. The number of carbonyl (C=O) groups excluding carboxylic acids is 2. The number of ether oxygens (including phenoxy) is 2. The molecule has 0 aliphatic heterocycles. The van der Waals surface area contributed by atoms with E-state index in [0.717, 1.165) is 6.42 Å². The first-order valence-corrected chi connectivity index (χ1v) is 7.34. The number of nitrogens with zero attached hydrogens (tertiary/aromatic N) is 3. The highest BCUT2D eigenvalue weighted by atomic mass is 16.6. The average molecular weight is 312 g/mol. The molecule has 1 aromatic heterocycles. The summed E-state index contributed by atoms with van der Waals surface area (Å²) in [7, 11) is 0. The molecule has 0 unspecified atom stereocenters. The quantitative estimate of drug-likeness (QED) is 0.806. The van der Waals surface area contributed by atoms with Gasteiger partial charge in [0.1, 0.15) is 5.60 Å². The fourth-order valence-electron chi connectivity index (χ4n) is 1.73. The number of nitrogens with one attached hydrogen (secondary N) is 1. The summed E-state index contributed by atoms with van der Waals surface area (Å²) in [4.78, 5) is 23.6. The van der Waals surface area contributed by atoms with Gasteiger partial charge in [0, 0.05) is 6.54 Å². The van der Waals surface area contributed by atoms with Gasteiger partial charge in [0.15, 0.2) is 5.69 Å². The van der Waals surface area contributed by atoms with E-state index in [-0.39, 0.29) is 18.8 Å². The fourth-order valence-corrected chi connectivity index (χ4v) is 1.73. The Morgan fingerprint density at radius 3 is 2.50 bits per heavy atom. The summed E-state index contributed by atoms with van der Waals surface area (Å²) in [6, 6.07) is 0. The van der Waals surface area contributed by atoms with Crippen LogP contribution in [-0.4, -0.2) is 39.3 Å². The zero-order valence-electron chi connectivity index (χ0n) is 13.8. The lowest BCUT2D eigenvalue weighted by molar-refractivity contribution is 0.0497. The van der Waals surface area contributed by atoms with E-state index in [1.54, 1.807) is 32.4 Å². The number of alkyl carbamates (subject to hydrolysis) is 1. The molecule has 8 nitrogen and oxygen atoms in total. The van der Waals surface area contributed by atoms with E-state index in [0.29, 0.717) is 12.2 Å². The van der Waals surface area contributed by atoms with Crippen LogP contribution in [-0.2, 0) is 22.6 Å². The third-order valence-corrected chi connectivity index (χ3v) is 2.54. The van der Waals surface area contributed by atoms with Crippen molar-refractivity contribution in [3.8, 4) is 0 Å². The Hall–Kier alpha value is -2.12. The van der Waals surface area contributed by atoms with Gasteiger partial charge in [-0.2, -0.15) is 0 Å². The van der Waals surface area contributed by atoms with Gasteiger partial charge in [0.05, 0.1) is 18.8 Å². The molecule has 1 heterocycles. The topological polar surface area (TPSA) is 95.3 Å². The van der Waals surface area contributed by atoms with Crippen LogP contribution >= 0.6 is 0 Å². The number of hydrogen-bond acceptors (Lipinski definition) is 6. The molecule has 0 saturated heterocycles. The number of amides is 1. The van der Waals surface area contributed by atoms with Crippen molar-refractivity contribution in [2.75, 3.05) is 6.61 Å². The van der Waals surface area contributed by atoms with Gasteiger partial charge < -0.3 is 14.8 Å². The minimum atomic E-state index is -0.587. The van der Waals surface area contributed by atoms with Crippen LogP contribution in [0.4, 0.5) is 4.79 Å². The molecular formula is C14H24N4O4. The SMILES string of the molecule is CCCn1nnc(C(=O)OCC)c1CNC(=O)OC(C)(C)C. The number of rotatable bonds is 6. The third kappa shape index (κ3) is 5.34. The van der Waals surface area contributed by atoms with Crippen molar-refractivity contribution in [3.05, 3.63) is 11.4 Å². The number of aryl methyl sites for hydroxylation is 1. The third-order valence-electron chi connectivity index (χ3n) is 2.54. The van der Waals surface area contributed by atoms with E-state index >= 15 is 0 Å². The minimum absolute atomic E-state index is 0.0933. The Morgan fingerprint density at radius 1 is 1.27 bits per heavy atom. The molecular weight excluding hydrogens is 288 g/mol. The first kappa shape index (κ1) is 17.9. The molecule has 124 valence electrons. The van der Waals surface area contributed by atoms with Crippen LogP contribution in [0.25, 0.3) is 0 Å². The van der Waals surface area contributed by atoms with Crippen molar-refractivity contribution < 1.29 is 19.1 Å². The Kier molecular flexibility index (Phi) is 6.33. The highest BCUT2D eigenvalue weighted by Gasteiger charge is 2.22. The van der Waals surface area contributed by atoms with Gasteiger partial charge >= 0.3 is 12.1 Å². The normalized spacial score (nSPS) is 11.1. The molecule has 1 rings (SSSR count). The van der Waals surface area contributed by atoms with Crippen LogP contribution in [0, 0.1) is 0 Å². The van der Waals surface area contributed by atoms with Crippen LogP contribution in [0.3, 0.4) is 0 Å². The number of hydrogen-bond donors (Lipinski definition) is 1. The smallest absolute Gasteiger partial charge is 0.407 e. The Morgan fingerprint density at radius 2 is 1.95 bits per heavy atom. The van der Waals surface area contributed by atoms with Gasteiger partial charge in [-0.05, 0) is 34.1 Å². The predicted octanol–water partition coefficient (Wildman–Crippen LogP) is 1.89. The summed E-state index contributed by atoms with van der Waals surface area (Å²) in [5.74, 6) is -0.550. The fraction of sp³-hybridized carbons (Fsp3) is 0.714. The molecule has 0 saturated carbocycles. The highest BCUT2D eigenvalue weighted by Crippen LogP contribution is 2.10. The predicted molar refractivity (Wildman–Crippen MR) is 79.3 cm³/mol. The maximum absolute atomic E-state index is 11.9. The lowest BCUT2D eigenvalue weighted by atomic mass is 10.2. The van der Waals surface area contributed by atoms with E-state index < -0.39 is 17.7 Å². The van der Waals surface area contributed by atoms with E-state index in [2.05, 4.69) is 15.6 Å². The molecule has 0 fully saturated rings. The van der Waals surface area contributed by atoms with E-state index in [4.69, 9.17) is 9.47 Å². The Bertz CT molecular complexity index is 519. The molecule has 1 N–H and O–H groups in total. The van der Waals surface area contributed by atoms with Gasteiger partial charge in [-0.1, -0.05) is 12.1 Å². The van der Waals surface area contributed by atoms with E-state index in [1.165, 1.54) is 0 Å². The largest absolute Gasteiger partial charge is 0.461 e. The lowest BCUT2D eigenvalue weighted by Crippen LogP contribution is -2.33. The monoisotopic (exact) mass is 312 g/mol. The highest BCUT2D eigenvalue weighted by molar-refractivity contribution is 5.88. The molecule has 1 amide bonds. The van der Waals surface area contributed by atoms with Crippen LogP contribution < -0.4 is 5.32 Å². The molecule has 0 radical (unpaired) electrons. The van der Waals surface area contributed by atoms with Crippen LogP contribution in [0.2, 0.25) is 0 Å². The summed E-state index contributed by atoms with van der Waals surface area (Å²) in [6.07, 6.45) is 0.261. The molecule has 0 spiro atoms. The first-order chi connectivity index (χ1) is 10.3. The van der Waals surface area contributed by atoms with Crippen molar-refractivity contribution in [3.63, 3.8) is 0 Å². The maximum atomic E-state index is 11.9. The van der Waals surface area contributed by atoms with Gasteiger partial charge in [-0.25, -0.2) is 14.3 Å². The summed E-state index contributed by atoms with van der Waals surface area (Å²) < 4.78 is 11.7. The second kappa shape index (κ2) is 7.77. The molecule has 1 aromatic rings. The summed E-state index contributed by atoms with van der Waals surface area (Å²) in [6.45, 7) is 9.97. The van der Waals surface area contributed by atoms with Crippen molar-refractivity contribution in [1.82, 2.24) is 20.3 Å². The van der Waals surface area contributed by atoms with Gasteiger partial charge in [-0.15, -0.1) is 5.10 Å². The molecule has 0 aliphatic rings. The molecule has 8 heteroatoms. The van der Waals surface area contributed by atoms with Crippen molar-refractivity contribution in [2.24, 2.45) is 0 Å². The molecule has 22 heavy (non-hydrogen) atoms. The standard InChI is InChI=1S/C14H24N4O4/c1-6-8-18-10(9-15-13(20)22-14(3,4)5)11(16-17-18)12(19)21-7-2/h6-9H2,1-5H3,(H,15,20). The van der Waals surface area contributed by atoms with Crippen LogP contribution in [0.1, 0.15) is 57.2 Å². The second-order valence-corrected chi connectivity index (χ2v) is 5.68. The summed E-state index contributed by atoms with van der Waals surface area (Å²) >= 11 is 0. The van der Waals surface area contributed by atoms with Crippen molar-refractivity contribution in [2.45, 2.75) is 59.7 Å². The first-order valence-electron chi connectivity index (χ1n) is 7.34. The maximum Gasteiger partial charge on any atom is 0.407 e. The average Bonchev–Trinajstić information content (AvgIpc) is 2.78. The van der Waals surface area contributed by atoms with Crippen LogP contribution in [0.5, 0.6) is 0 Å². The van der Waals surface area contributed by atoms with Crippen molar-refractivity contribution >= 4 is 12.1 Å². The van der Waals surface area contributed by atoms with Crippen molar-refractivity contribution in [1.29, 1.82) is 0 Å². The van der Waals surface area contributed by atoms with E-state index in [1.807, 2.05) is 6.92 Å². The molecule has 0 aromatic carbocycles. The summed E-state index contributed by atoms with van der Waals surface area (Å²) in [5, 5.41) is 10.4. The van der Waals surface area contributed by atoms with Gasteiger partial charge in [-0.3, -0.25) is 0 Å². The van der Waals surface area contributed by atoms with Gasteiger partial charge in [0.25, 0.3) is 0 Å². The molecule has 0 aliphatic carbocycles. The zero-order chi connectivity index (χ0) is 16.8. The Labute approximate surface area is 130 Å². The van der Waals surface area contributed by atoms with E-state index in [9.17, 15) is 9.59 Å². The lowest BCUT2D eigenvalue weighted by Gasteiger charge is -2.19. The second-order valence-electron chi connectivity index (χ2n) is 5.68. The number of carbonyl (C=O) groups is 2. The van der Waals surface area contributed by atoms with Crippen LogP contribution in [0.15, 0.2) is 0 Å². The number of aromatic nitrogens is 3. The zero-order valence-corrected chi connectivity index (χ0v) is 13.8. The number of esters is 1. The van der Waals surface area contributed by atoms with Gasteiger partial charge in [0.2, 0.25) is 0 Å². The molecule has 0 bridgehead atoms. The minimum Gasteiger partial charge on any atom is -0.461 e. The Balaban J connectivity index is 2.84.